The third kappa shape index (κ3) is 4.71. The quantitative estimate of drug-likeness (QED) is 0.758. The summed E-state index contributed by atoms with van der Waals surface area (Å²) >= 11 is 0. The average molecular weight is 290 g/mol. The molecule has 1 atom stereocenters. The van der Waals surface area contributed by atoms with Crippen molar-refractivity contribution < 1.29 is 14.6 Å². The van der Waals surface area contributed by atoms with Gasteiger partial charge in [-0.3, -0.25) is 0 Å². The lowest BCUT2D eigenvalue weighted by atomic mass is 9.89. The van der Waals surface area contributed by atoms with E-state index < -0.39 is 6.10 Å². The van der Waals surface area contributed by atoms with Crippen LogP contribution < -0.4 is 10.1 Å². The summed E-state index contributed by atoms with van der Waals surface area (Å²) in [5.74, 6) is 0.513. The van der Waals surface area contributed by atoms with Gasteiger partial charge in [0, 0.05) is 19.2 Å². The SMILES string of the molecule is CCOC1CC(NCC(O)COc2ccccc2C#N)C1. The Morgan fingerprint density at radius 3 is 2.90 bits per heavy atom. The molecular formula is C16H22N2O3. The Kier molecular flexibility index (Phi) is 6.00. The minimum Gasteiger partial charge on any atom is -0.489 e. The van der Waals surface area contributed by atoms with Crippen molar-refractivity contribution in [3.05, 3.63) is 29.8 Å². The summed E-state index contributed by atoms with van der Waals surface area (Å²) in [5, 5.41) is 22.2. The van der Waals surface area contributed by atoms with Gasteiger partial charge in [-0.1, -0.05) is 12.1 Å². The van der Waals surface area contributed by atoms with Gasteiger partial charge in [0.1, 0.15) is 24.5 Å². The number of para-hydroxylation sites is 1. The third-order valence-electron chi connectivity index (χ3n) is 3.58. The van der Waals surface area contributed by atoms with Gasteiger partial charge in [0.2, 0.25) is 0 Å². The molecule has 2 rings (SSSR count). The molecule has 1 saturated carbocycles. The predicted molar refractivity (Wildman–Crippen MR) is 79.1 cm³/mol. The van der Waals surface area contributed by atoms with Crippen molar-refractivity contribution in [1.29, 1.82) is 5.26 Å². The van der Waals surface area contributed by atoms with Crippen LogP contribution in [0.5, 0.6) is 5.75 Å². The lowest BCUT2D eigenvalue weighted by Crippen LogP contribution is -2.48. The summed E-state index contributed by atoms with van der Waals surface area (Å²) in [6.07, 6.45) is 1.77. The van der Waals surface area contributed by atoms with E-state index in [1.54, 1.807) is 18.2 Å². The number of hydrogen-bond acceptors (Lipinski definition) is 5. The first-order chi connectivity index (χ1) is 10.2. The van der Waals surface area contributed by atoms with Crippen LogP contribution in [0.1, 0.15) is 25.3 Å². The summed E-state index contributed by atoms with van der Waals surface area (Å²) in [5.41, 5.74) is 0.483. The van der Waals surface area contributed by atoms with Gasteiger partial charge in [-0.15, -0.1) is 0 Å². The summed E-state index contributed by atoms with van der Waals surface area (Å²) < 4.78 is 11.0. The highest BCUT2D eigenvalue weighted by Crippen LogP contribution is 2.23. The van der Waals surface area contributed by atoms with Crippen LogP contribution in [0.3, 0.4) is 0 Å². The van der Waals surface area contributed by atoms with Gasteiger partial charge in [-0.25, -0.2) is 0 Å². The zero-order chi connectivity index (χ0) is 15.1. The fourth-order valence-corrected chi connectivity index (χ4v) is 2.34. The summed E-state index contributed by atoms with van der Waals surface area (Å²) in [6.45, 7) is 3.42. The van der Waals surface area contributed by atoms with Crippen molar-refractivity contribution in [2.75, 3.05) is 19.8 Å². The molecule has 1 aliphatic rings. The van der Waals surface area contributed by atoms with E-state index in [4.69, 9.17) is 14.7 Å². The van der Waals surface area contributed by atoms with Crippen molar-refractivity contribution in [3.8, 4) is 11.8 Å². The Labute approximate surface area is 125 Å². The van der Waals surface area contributed by atoms with Crippen LogP contribution in [0.2, 0.25) is 0 Å². The molecule has 1 aromatic rings. The zero-order valence-corrected chi connectivity index (χ0v) is 12.3. The molecule has 0 saturated heterocycles. The monoisotopic (exact) mass is 290 g/mol. The predicted octanol–water partition coefficient (Wildman–Crippen LogP) is 1.46. The number of nitrogens with one attached hydrogen (secondary N) is 1. The Balaban J connectivity index is 1.64. The van der Waals surface area contributed by atoms with Crippen LogP contribution in [0.4, 0.5) is 0 Å². The second-order valence-corrected chi connectivity index (χ2v) is 5.23. The van der Waals surface area contributed by atoms with Crippen molar-refractivity contribution in [2.45, 2.75) is 38.0 Å². The molecule has 21 heavy (non-hydrogen) atoms. The van der Waals surface area contributed by atoms with Gasteiger partial charge in [-0.05, 0) is 31.9 Å². The van der Waals surface area contributed by atoms with Gasteiger partial charge in [0.25, 0.3) is 0 Å². The maximum Gasteiger partial charge on any atom is 0.137 e. The molecule has 0 aromatic heterocycles. The molecule has 5 heteroatoms. The van der Waals surface area contributed by atoms with Crippen molar-refractivity contribution in [2.24, 2.45) is 0 Å². The molecule has 0 amide bonds. The summed E-state index contributed by atoms with van der Waals surface area (Å²) in [4.78, 5) is 0. The Bertz CT molecular complexity index is 481. The second kappa shape index (κ2) is 7.99. The number of rotatable bonds is 8. The molecule has 1 unspecified atom stereocenters. The van der Waals surface area contributed by atoms with E-state index in [9.17, 15) is 5.11 Å². The topological polar surface area (TPSA) is 74.5 Å². The van der Waals surface area contributed by atoms with Gasteiger partial charge >= 0.3 is 0 Å². The number of aliphatic hydroxyl groups is 1. The van der Waals surface area contributed by atoms with Crippen molar-refractivity contribution >= 4 is 0 Å². The fraction of sp³-hybridized carbons (Fsp3) is 0.562. The maximum absolute atomic E-state index is 9.91. The minimum absolute atomic E-state index is 0.174. The van der Waals surface area contributed by atoms with E-state index in [1.807, 2.05) is 13.0 Å². The van der Waals surface area contributed by atoms with Crippen LogP contribution in [0.25, 0.3) is 0 Å². The number of ether oxygens (including phenoxy) is 2. The van der Waals surface area contributed by atoms with Crippen LogP contribution >= 0.6 is 0 Å². The van der Waals surface area contributed by atoms with Crippen molar-refractivity contribution in [3.63, 3.8) is 0 Å². The molecule has 0 bridgehead atoms. The summed E-state index contributed by atoms with van der Waals surface area (Å²) in [6, 6.07) is 9.51. The van der Waals surface area contributed by atoms with E-state index in [0.717, 1.165) is 19.4 Å². The largest absolute Gasteiger partial charge is 0.489 e. The van der Waals surface area contributed by atoms with E-state index >= 15 is 0 Å². The molecule has 114 valence electrons. The van der Waals surface area contributed by atoms with Gasteiger partial charge in [-0.2, -0.15) is 5.26 Å². The molecule has 0 aliphatic heterocycles. The first kappa shape index (κ1) is 15.8. The average Bonchev–Trinajstić information content (AvgIpc) is 2.47. The minimum atomic E-state index is -0.595. The third-order valence-corrected chi connectivity index (χ3v) is 3.58. The molecule has 2 N–H and O–H groups in total. The fourth-order valence-electron chi connectivity index (χ4n) is 2.34. The molecule has 1 fully saturated rings. The lowest BCUT2D eigenvalue weighted by Gasteiger charge is -2.36. The first-order valence-electron chi connectivity index (χ1n) is 7.38. The Morgan fingerprint density at radius 1 is 1.43 bits per heavy atom. The van der Waals surface area contributed by atoms with Gasteiger partial charge < -0.3 is 19.9 Å². The zero-order valence-electron chi connectivity index (χ0n) is 12.3. The molecule has 5 nitrogen and oxygen atoms in total. The molecule has 0 radical (unpaired) electrons. The molecular weight excluding hydrogens is 268 g/mol. The van der Waals surface area contributed by atoms with E-state index in [1.165, 1.54) is 0 Å². The van der Waals surface area contributed by atoms with Crippen LogP contribution in [0.15, 0.2) is 24.3 Å². The molecule has 0 spiro atoms. The van der Waals surface area contributed by atoms with Crippen LogP contribution in [-0.4, -0.2) is 43.1 Å². The highest BCUT2D eigenvalue weighted by atomic mass is 16.5. The van der Waals surface area contributed by atoms with Crippen LogP contribution in [-0.2, 0) is 4.74 Å². The van der Waals surface area contributed by atoms with Crippen LogP contribution in [0, 0.1) is 11.3 Å². The number of aliphatic hydroxyl groups excluding tert-OH is 1. The number of hydrogen-bond donors (Lipinski definition) is 2. The smallest absolute Gasteiger partial charge is 0.137 e. The van der Waals surface area contributed by atoms with E-state index in [0.29, 0.717) is 30.0 Å². The normalized spacial score (nSPS) is 22.1. The Morgan fingerprint density at radius 2 is 2.19 bits per heavy atom. The molecule has 0 heterocycles. The second-order valence-electron chi connectivity index (χ2n) is 5.23. The van der Waals surface area contributed by atoms with Gasteiger partial charge in [0.15, 0.2) is 0 Å². The van der Waals surface area contributed by atoms with Gasteiger partial charge in [0.05, 0.1) is 11.7 Å². The highest BCUT2D eigenvalue weighted by Gasteiger charge is 2.29. The number of nitrogens with zero attached hydrogens (tertiary/aromatic N) is 1. The number of nitriles is 1. The van der Waals surface area contributed by atoms with E-state index in [2.05, 4.69) is 11.4 Å². The highest BCUT2D eigenvalue weighted by molar-refractivity contribution is 5.42. The molecule has 1 aliphatic carbocycles. The standard InChI is InChI=1S/C16H22N2O3/c1-2-20-15-7-13(8-15)18-10-14(19)11-21-16-6-4-3-5-12(16)9-17/h3-6,13-15,18-19H,2,7-8,10-11H2,1H3. The van der Waals surface area contributed by atoms with Crippen molar-refractivity contribution in [1.82, 2.24) is 5.32 Å². The summed E-state index contributed by atoms with van der Waals surface area (Å²) in [7, 11) is 0. The van der Waals surface area contributed by atoms with E-state index in [-0.39, 0.29) is 6.61 Å². The first-order valence-corrected chi connectivity index (χ1v) is 7.38. The lowest BCUT2D eigenvalue weighted by molar-refractivity contribution is -0.0134. The maximum atomic E-state index is 9.91. The molecule has 1 aromatic carbocycles. The Hall–Kier alpha value is -1.61. The number of benzene rings is 1.